The summed E-state index contributed by atoms with van der Waals surface area (Å²) < 4.78 is 10.9. The van der Waals surface area contributed by atoms with Gasteiger partial charge in [-0.1, -0.05) is 30.3 Å². The highest BCUT2D eigenvalue weighted by atomic mass is 16.6. The summed E-state index contributed by atoms with van der Waals surface area (Å²) in [7, 11) is 0. The highest BCUT2D eigenvalue weighted by Gasteiger charge is 2.52. The summed E-state index contributed by atoms with van der Waals surface area (Å²) in [5.74, 6) is 0. The molecule has 2 heterocycles. The van der Waals surface area contributed by atoms with E-state index in [9.17, 15) is 9.59 Å². The zero-order valence-corrected chi connectivity index (χ0v) is 16.3. The summed E-state index contributed by atoms with van der Waals surface area (Å²) in [6, 6.07) is 9.39. The van der Waals surface area contributed by atoms with Crippen molar-refractivity contribution in [2.24, 2.45) is 11.1 Å². The second-order valence-electron chi connectivity index (χ2n) is 8.54. The van der Waals surface area contributed by atoms with Gasteiger partial charge in [0.1, 0.15) is 12.2 Å². The van der Waals surface area contributed by atoms with Gasteiger partial charge in [-0.05, 0) is 32.8 Å². The van der Waals surface area contributed by atoms with Crippen molar-refractivity contribution < 1.29 is 19.1 Å². The Kier molecular flexibility index (Phi) is 5.33. The third kappa shape index (κ3) is 4.53. The van der Waals surface area contributed by atoms with Crippen LogP contribution in [-0.4, -0.2) is 59.8 Å². The van der Waals surface area contributed by atoms with Crippen molar-refractivity contribution in [1.29, 1.82) is 0 Å². The number of nitrogens with zero attached hydrogens (tertiary/aromatic N) is 2. The van der Waals surface area contributed by atoms with E-state index in [4.69, 9.17) is 15.2 Å². The molecule has 2 amide bonds. The summed E-state index contributed by atoms with van der Waals surface area (Å²) in [6.07, 6.45) is 0.0779. The molecule has 2 unspecified atom stereocenters. The number of benzene rings is 1. The lowest BCUT2D eigenvalue weighted by Gasteiger charge is -2.29. The van der Waals surface area contributed by atoms with Crippen molar-refractivity contribution in [3.63, 3.8) is 0 Å². The van der Waals surface area contributed by atoms with E-state index >= 15 is 0 Å². The van der Waals surface area contributed by atoms with Crippen LogP contribution in [0.5, 0.6) is 0 Å². The molecule has 7 heteroatoms. The maximum Gasteiger partial charge on any atom is 0.410 e. The van der Waals surface area contributed by atoms with E-state index in [1.54, 1.807) is 9.80 Å². The highest BCUT2D eigenvalue weighted by Crippen LogP contribution is 2.39. The Bertz CT molecular complexity index is 688. The number of likely N-dealkylation sites (tertiary alicyclic amines) is 2. The Morgan fingerprint density at radius 1 is 1.15 bits per heavy atom. The standard InChI is InChI=1S/C20H29N3O4/c1-19(2,3)27-18(25)22-10-9-20(13-22)14-23(11-16(20)21)17(24)26-12-15-7-5-4-6-8-15/h4-8,16H,9-14,21H2,1-3H3. The van der Waals surface area contributed by atoms with Crippen LogP contribution >= 0.6 is 0 Å². The van der Waals surface area contributed by atoms with Crippen molar-refractivity contribution in [3.8, 4) is 0 Å². The molecule has 2 fully saturated rings. The predicted octanol–water partition coefficient (Wildman–Crippen LogP) is 2.59. The average Bonchev–Trinajstić information content (AvgIpc) is 3.17. The van der Waals surface area contributed by atoms with Gasteiger partial charge in [-0.3, -0.25) is 0 Å². The van der Waals surface area contributed by atoms with Crippen LogP contribution in [0.4, 0.5) is 9.59 Å². The van der Waals surface area contributed by atoms with Gasteiger partial charge in [0.25, 0.3) is 0 Å². The van der Waals surface area contributed by atoms with Crippen molar-refractivity contribution in [3.05, 3.63) is 35.9 Å². The Morgan fingerprint density at radius 3 is 2.48 bits per heavy atom. The number of ether oxygens (including phenoxy) is 2. The van der Waals surface area contributed by atoms with E-state index < -0.39 is 5.60 Å². The van der Waals surface area contributed by atoms with Crippen molar-refractivity contribution >= 4 is 12.2 Å². The topological polar surface area (TPSA) is 85.1 Å². The van der Waals surface area contributed by atoms with Crippen LogP contribution in [0.25, 0.3) is 0 Å². The summed E-state index contributed by atoms with van der Waals surface area (Å²) in [5, 5.41) is 0. The first kappa shape index (κ1) is 19.5. The largest absolute Gasteiger partial charge is 0.445 e. The maximum atomic E-state index is 12.5. The molecule has 1 spiro atoms. The quantitative estimate of drug-likeness (QED) is 0.859. The molecular weight excluding hydrogens is 346 g/mol. The Hall–Kier alpha value is -2.28. The number of rotatable bonds is 2. The lowest BCUT2D eigenvalue weighted by molar-refractivity contribution is 0.0272. The number of amides is 2. The molecule has 2 N–H and O–H groups in total. The lowest BCUT2D eigenvalue weighted by Crippen LogP contribution is -2.44. The third-order valence-electron chi connectivity index (χ3n) is 5.21. The van der Waals surface area contributed by atoms with Crippen molar-refractivity contribution in [2.75, 3.05) is 26.2 Å². The minimum Gasteiger partial charge on any atom is -0.445 e. The molecule has 2 aliphatic heterocycles. The molecule has 0 saturated carbocycles. The first-order valence-electron chi connectivity index (χ1n) is 9.38. The normalized spacial score (nSPS) is 25.1. The molecule has 2 atom stereocenters. The molecule has 148 valence electrons. The molecule has 0 aromatic heterocycles. The number of carbonyl (C=O) groups excluding carboxylic acids is 2. The van der Waals surface area contributed by atoms with E-state index in [0.29, 0.717) is 26.2 Å². The molecule has 27 heavy (non-hydrogen) atoms. The second kappa shape index (κ2) is 7.38. The first-order chi connectivity index (χ1) is 12.7. The van der Waals surface area contributed by atoms with Gasteiger partial charge in [0.15, 0.2) is 0 Å². The van der Waals surface area contributed by atoms with Crippen LogP contribution in [0, 0.1) is 5.41 Å². The Labute approximate surface area is 160 Å². The number of nitrogens with two attached hydrogens (primary N) is 1. The van der Waals surface area contributed by atoms with Crippen LogP contribution in [0.15, 0.2) is 30.3 Å². The molecular formula is C20H29N3O4. The molecule has 7 nitrogen and oxygen atoms in total. The summed E-state index contributed by atoms with van der Waals surface area (Å²) in [6.45, 7) is 7.83. The molecule has 2 saturated heterocycles. The minimum atomic E-state index is -0.530. The van der Waals surface area contributed by atoms with Gasteiger partial charge in [-0.25, -0.2) is 9.59 Å². The van der Waals surface area contributed by atoms with E-state index in [2.05, 4.69) is 0 Å². The molecule has 2 aliphatic rings. The fourth-order valence-electron chi connectivity index (χ4n) is 3.75. The molecule has 0 aliphatic carbocycles. The van der Waals surface area contributed by atoms with Gasteiger partial charge in [0.2, 0.25) is 0 Å². The Balaban J connectivity index is 1.56. The second-order valence-corrected chi connectivity index (χ2v) is 8.54. The monoisotopic (exact) mass is 375 g/mol. The predicted molar refractivity (Wildman–Crippen MR) is 101 cm³/mol. The third-order valence-corrected chi connectivity index (χ3v) is 5.21. The van der Waals surface area contributed by atoms with Crippen LogP contribution in [0.1, 0.15) is 32.8 Å². The van der Waals surface area contributed by atoms with Crippen LogP contribution in [0.2, 0.25) is 0 Å². The highest BCUT2D eigenvalue weighted by molar-refractivity contribution is 5.70. The lowest BCUT2D eigenvalue weighted by atomic mass is 9.83. The number of hydrogen-bond acceptors (Lipinski definition) is 5. The smallest absolute Gasteiger partial charge is 0.410 e. The summed E-state index contributed by atoms with van der Waals surface area (Å²) >= 11 is 0. The van der Waals surface area contributed by atoms with E-state index in [0.717, 1.165) is 12.0 Å². The van der Waals surface area contributed by atoms with Gasteiger partial charge in [0.05, 0.1) is 0 Å². The van der Waals surface area contributed by atoms with Gasteiger partial charge in [-0.2, -0.15) is 0 Å². The van der Waals surface area contributed by atoms with Crippen LogP contribution < -0.4 is 5.73 Å². The van der Waals surface area contributed by atoms with E-state index in [1.165, 1.54) is 0 Å². The summed E-state index contributed by atoms with van der Waals surface area (Å²) in [4.78, 5) is 28.1. The van der Waals surface area contributed by atoms with E-state index in [-0.39, 0.29) is 30.3 Å². The molecule has 0 bridgehead atoms. The van der Waals surface area contributed by atoms with Gasteiger partial charge in [-0.15, -0.1) is 0 Å². The average molecular weight is 375 g/mol. The number of carbonyl (C=O) groups is 2. The Morgan fingerprint density at radius 2 is 1.81 bits per heavy atom. The zero-order chi connectivity index (χ0) is 19.7. The zero-order valence-electron chi connectivity index (χ0n) is 16.3. The maximum absolute atomic E-state index is 12.5. The fourth-order valence-corrected chi connectivity index (χ4v) is 3.75. The van der Waals surface area contributed by atoms with E-state index in [1.807, 2.05) is 51.1 Å². The molecule has 0 radical (unpaired) electrons. The van der Waals surface area contributed by atoms with Gasteiger partial charge >= 0.3 is 12.2 Å². The van der Waals surface area contributed by atoms with Gasteiger partial charge in [0, 0.05) is 37.6 Å². The molecule has 1 aromatic carbocycles. The van der Waals surface area contributed by atoms with Gasteiger partial charge < -0.3 is 25.0 Å². The fraction of sp³-hybridized carbons (Fsp3) is 0.600. The van der Waals surface area contributed by atoms with Crippen LogP contribution in [0.3, 0.4) is 0 Å². The SMILES string of the molecule is CC(C)(C)OC(=O)N1CCC2(CN(C(=O)OCc3ccccc3)CC2N)C1. The first-order valence-corrected chi connectivity index (χ1v) is 9.38. The van der Waals surface area contributed by atoms with Crippen LogP contribution in [-0.2, 0) is 16.1 Å². The molecule has 3 rings (SSSR count). The van der Waals surface area contributed by atoms with Crippen molar-refractivity contribution in [1.82, 2.24) is 9.80 Å². The van der Waals surface area contributed by atoms with Crippen molar-refractivity contribution in [2.45, 2.75) is 45.4 Å². The molecule has 1 aromatic rings. The minimum absolute atomic E-state index is 0.186. The summed E-state index contributed by atoms with van der Waals surface area (Å²) in [5.41, 5.74) is 6.50. The number of hydrogen-bond donors (Lipinski definition) is 1.